The number of hydrogen-bond acceptors (Lipinski definition) is 2. The molecule has 21 heavy (non-hydrogen) atoms. The van der Waals surface area contributed by atoms with E-state index in [9.17, 15) is 9.59 Å². The molecule has 1 saturated carbocycles. The highest BCUT2D eigenvalue weighted by Crippen LogP contribution is 2.35. The number of amides is 2. The summed E-state index contributed by atoms with van der Waals surface area (Å²) in [4.78, 5) is 25.2. The van der Waals surface area contributed by atoms with Crippen molar-refractivity contribution in [2.45, 2.75) is 77.3 Å². The van der Waals surface area contributed by atoms with Gasteiger partial charge in [0.25, 0.3) is 0 Å². The summed E-state index contributed by atoms with van der Waals surface area (Å²) in [6, 6.07) is 0.0187. The van der Waals surface area contributed by atoms with E-state index >= 15 is 0 Å². The first kappa shape index (κ1) is 16.1. The van der Waals surface area contributed by atoms with E-state index in [1.54, 1.807) is 4.90 Å². The van der Waals surface area contributed by atoms with Gasteiger partial charge in [0, 0.05) is 18.6 Å². The van der Waals surface area contributed by atoms with Gasteiger partial charge in [-0.1, -0.05) is 20.3 Å². The molecule has 1 aliphatic heterocycles. The molecule has 2 atom stereocenters. The number of carboxylic acid groups (broad SMARTS) is 1. The van der Waals surface area contributed by atoms with E-state index in [0.29, 0.717) is 12.0 Å². The van der Waals surface area contributed by atoms with Gasteiger partial charge >= 0.3 is 12.0 Å². The normalized spacial score (nSPS) is 29.0. The molecule has 1 aliphatic carbocycles. The van der Waals surface area contributed by atoms with Crippen molar-refractivity contribution in [2.24, 2.45) is 5.41 Å². The maximum atomic E-state index is 12.5. The van der Waals surface area contributed by atoms with Crippen LogP contribution in [-0.2, 0) is 4.79 Å². The van der Waals surface area contributed by atoms with Crippen molar-refractivity contribution in [3.05, 3.63) is 0 Å². The minimum Gasteiger partial charge on any atom is -0.481 e. The number of aliphatic carboxylic acids is 1. The molecule has 0 aromatic rings. The van der Waals surface area contributed by atoms with Gasteiger partial charge in [-0.25, -0.2) is 4.79 Å². The first-order valence-electron chi connectivity index (χ1n) is 8.16. The zero-order chi connectivity index (χ0) is 15.5. The topological polar surface area (TPSA) is 69.6 Å². The molecule has 1 saturated heterocycles. The van der Waals surface area contributed by atoms with Gasteiger partial charge in [0.15, 0.2) is 0 Å². The maximum absolute atomic E-state index is 12.5. The SMILES string of the molecule is CC1(C)CCCC(NC(=O)N2CCCCC2CC(=O)O)C1. The number of likely N-dealkylation sites (tertiary alicyclic amines) is 1. The second-order valence-corrected chi connectivity index (χ2v) is 7.35. The van der Waals surface area contributed by atoms with Crippen LogP contribution in [-0.4, -0.2) is 40.6 Å². The fourth-order valence-corrected chi connectivity index (χ4v) is 3.76. The van der Waals surface area contributed by atoms with Crippen LogP contribution in [0.4, 0.5) is 4.79 Å². The lowest BCUT2D eigenvalue weighted by Crippen LogP contribution is -2.52. The second kappa shape index (κ2) is 6.67. The van der Waals surface area contributed by atoms with Gasteiger partial charge in [-0.05, 0) is 43.9 Å². The summed E-state index contributed by atoms with van der Waals surface area (Å²) in [5.41, 5.74) is 0.290. The van der Waals surface area contributed by atoms with Gasteiger partial charge in [-0.15, -0.1) is 0 Å². The van der Waals surface area contributed by atoms with Crippen molar-refractivity contribution >= 4 is 12.0 Å². The molecule has 0 bridgehead atoms. The highest BCUT2D eigenvalue weighted by molar-refractivity contribution is 5.76. The zero-order valence-corrected chi connectivity index (χ0v) is 13.2. The monoisotopic (exact) mass is 296 g/mol. The summed E-state index contributed by atoms with van der Waals surface area (Å²) in [6.07, 6.45) is 7.25. The fourth-order valence-electron chi connectivity index (χ4n) is 3.76. The van der Waals surface area contributed by atoms with Crippen LogP contribution in [0.25, 0.3) is 0 Å². The number of piperidine rings is 1. The zero-order valence-electron chi connectivity index (χ0n) is 13.2. The fraction of sp³-hybridized carbons (Fsp3) is 0.875. The third-order valence-corrected chi connectivity index (χ3v) is 4.83. The largest absolute Gasteiger partial charge is 0.481 e. The van der Waals surface area contributed by atoms with Crippen molar-refractivity contribution in [3.63, 3.8) is 0 Å². The molecule has 0 aromatic carbocycles. The number of urea groups is 1. The van der Waals surface area contributed by atoms with Crippen LogP contribution in [0.15, 0.2) is 0 Å². The number of rotatable bonds is 3. The van der Waals surface area contributed by atoms with Crippen LogP contribution in [0.3, 0.4) is 0 Å². The minimum atomic E-state index is -0.821. The Morgan fingerprint density at radius 3 is 2.67 bits per heavy atom. The van der Waals surface area contributed by atoms with E-state index in [-0.39, 0.29) is 24.5 Å². The Labute approximate surface area is 127 Å². The Bertz CT molecular complexity index is 395. The third-order valence-electron chi connectivity index (χ3n) is 4.83. The van der Waals surface area contributed by atoms with E-state index in [0.717, 1.165) is 38.5 Å². The van der Waals surface area contributed by atoms with Crippen molar-refractivity contribution in [1.82, 2.24) is 10.2 Å². The Kier molecular flexibility index (Phi) is 5.12. The van der Waals surface area contributed by atoms with Crippen molar-refractivity contribution in [3.8, 4) is 0 Å². The van der Waals surface area contributed by atoms with Gasteiger partial charge in [-0.2, -0.15) is 0 Å². The molecule has 120 valence electrons. The molecule has 0 spiro atoms. The number of nitrogens with zero attached hydrogens (tertiary/aromatic N) is 1. The van der Waals surface area contributed by atoms with Crippen molar-refractivity contribution < 1.29 is 14.7 Å². The molecule has 2 N–H and O–H groups in total. The number of carbonyl (C=O) groups excluding carboxylic acids is 1. The highest BCUT2D eigenvalue weighted by atomic mass is 16.4. The van der Waals surface area contributed by atoms with Gasteiger partial charge in [0.2, 0.25) is 0 Å². The average molecular weight is 296 g/mol. The van der Waals surface area contributed by atoms with E-state index < -0.39 is 5.97 Å². The molecule has 2 fully saturated rings. The molecule has 2 unspecified atom stereocenters. The average Bonchev–Trinajstić information content (AvgIpc) is 2.37. The first-order valence-corrected chi connectivity index (χ1v) is 8.16. The van der Waals surface area contributed by atoms with E-state index in [1.165, 1.54) is 6.42 Å². The Balaban J connectivity index is 1.92. The number of carbonyl (C=O) groups is 2. The molecular weight excluding hydrogens is 268 g/mol. The number of hydrogen-bond donors (Lipinski definition) is 2. The van der Waals surface area contributed by atoms with Crippen LogP contribution < -0.4 is 5.32 Å². The Morgan fingerprint density at radius 1 is 1.24 bits per heavy atom. The number of nitrogens with one attached hydrogen (secondary N) is 1. The van der Waals surface area contributed by atoms with E-state index in [4.69, 9.17) is 5.11 Å². The smallest absolute Gasteiger partial charge is 0.317 e. The summed E-state index contributed by atoms with van der Waals surface area (Å²) in [5, 5.41) is 12.1. The Morgan fingerprint density at radius 2 is 2.00 bits per heavy atom. The van der Waals surface area contributed by atoms with Gasteiger partial charge < -0.3 is 15.3 Å². The molecule has 2 aliphatic rings. The van der Waals surface area contributed by atoms with Crippen molar-refractivity contribution in [1.29, 1.82) is 0 Å². The van der Waals surface area contributed by atoms with Gasteiger partial charge in [0.05, 0.1) is 6.42 Å². The predicted molar refractivity (Wildman–Crippen MR) is 81.2 cm³/mol. The van der Waals surface area contributed by atoms with Crippen LogP contribution in [0.2, 0.25) is 0 Å². The molecular formula is C16H28N2O3. The molecule has 0 radical (unpaired) electrons. The molecule has 2 rings (SSSR count). The van der Waals surface area contributed by atoms with Crippen LogP contribution in [0.1, 0.15) is 65.2 Å². The second-order valence-electron chi connectivity index (χ2n) is 7.35. The lowest BCUT2D eigenvalue weighted by atomic mass is 9.75. The summed E-state index contributed by atoms with van der Waals surface area (Å²) in [6.45, 7) is 5.18. The third kappa shape index (κ3) is 4.61. The van der Waals surface area contributed by atoms with E-state index in [2.05, 4.69) is 19.2 Å². The summed E-state index contributed by atoms with van der Waals surface area (Å²) >= 11 is 0. The molecule has 1 heterocycles. The lowest BCUT2D eigenvalue weighted by Gasteiger charge is -2.39. The lowest BCUT2D eigenvalue weighted by molar-refractivity contribution is -0.138. The molecule has 2 amide bonds. The molecule has 5 nitrogen and oxygen atoms in total. The summed E-state index contributed by atoms with van der Waals surface area (Å²) in [7, 11) is 0. The maximum Gasteiger partial charge on any atom is 0.317 e. The summed E-state index contributed by atoms with van der Waals surface area (Å²) < 4.78 is 0. The minimum absolute atomic E-state index is 0.0591. The summed E-state index contributed by atoms with van der Waals surface area (Å²) in [5.74, 6) is -0.821. The van der Waals surface area contributed by atoms with Crippen LogP contribution >= 0.6 is 0 Å². The van der Waals surface area contributed by atoms with Crippen LogP contribution in [0, 0.1) is 5.41 Å². The standard InChI is InChI=1S/C16H28N2O3/c1-16(2)8-5-6-12(11-16)17-15(21)18-9-4-3-7-13(18)10-14(19)20/h12-13H,3-11H2,1-2H3,(H,17,21)(H,19,20). The van der Waals surface area contributed by atoms with E-state index in [1.807, 2.05) is 0 Å². The number of carboxylic acids is 1. The Hall–Kier alpha value is -1.26. The highest BCUT2D eigenvalue weighted by Gasteiger charge is 2.32. The predicted octanol–water partition coefficient (Wildman–Crippen LogP) is 2.99. The van der Waals surface area contributed by atoms with Gasteiger partial charge in [-0.3, -0.25) is 4.79 Å². The quantitative estimate of drug-likeness (QED) is 0.841. The van der Waals surface area contributed by atoms with Crippen LogP contribution in [0.5, 0.6) is 0 Å². The van der Waals surface area contributed by atoms with Crippen molar-refractivity contribution in [2.75, 3.05) is 6.54 Å². The molecule has 5 heteroatoms. The first-order chi connectivity index (χ1) is 9.87. The molecule has 0 aromatic heterocycles. The van der Waals surface area contributed by atoms with Gasteiger partial charge in [0.1, 0.15) is 0 Å².